The fraction of sp³-hybridized carbons (Fsp3) is 0.556. The second-order valence-electron chi connectivity index (χ2n) is 6.17. The highest BCUT2D eigenvalue weighted by Crippen LogP contribution is 2.23. The summed E-state index contributed by atoms with van der Waals surface area (Å²) in [7, 11) is 0. The van der Waals surface area contributed by atoms with Crippen LogP contribution in [-0.2, 0) is 14.3 Å². The van der Waals surface area contributed by atoms with Crippen LogP contribution < -0.4 is 5.32 Å². The van der Waals surface area contributed by atoms with Crippen LogP contribution in [0.15, 0.2) is 24.3 Å². The molecule has 2 N–H and O–H groups in total. The molecule has 1 heterocycles. The lowest BCUT2D eigenvalue weighted by Crippen LogP contribution is -2.31. The molecule has 126 valence electrons. The van der Waals surface area contributed by atoms with Gasteiger partial charge in [0.1, 0.15) is 0 Å². The highest BCUT2D eigenvalue weighted by atomic mass is 16.5. The molecular weight excluding hydrogens is 294 g/mol. The number of carboxylic acid groups (broad SMARTS) is 1. The average molecular weight is 319 g/mol. The molecule has 0 spiro atoms. The summed E-state index contributed by atoms with van der Waals surface area (Å²) in [5, 5.41) is 12.0. The van der Waals surface area contributed by atoms with Gasteiger partial charge in [-0.25, -0.2) is 0 Å². The molecule has 0 aliphatic carbocycles. The van der Waals surface area contributed by atoms with Crippen molar-refractivity contribution in [2.24, 2.45) is 5.92 Å². The van der Waals surface area contributed by atoms with Gasteiger partial charge in [-0.05, 0) is 43.2 Å². The number of aryl methyl sites for hydroxylation is 1. The first-order valence-electron chi connectivity index (χ1n) is 8.20. The molecule has 0 saturated carbocycles. The van der Waals surface area contributed by atoms with Crippen molar-refractivity contribution in [1.82, 2.24) is 5.32 Å². The Labute approximate surface area is 137 Å². The van der Waals surface area contributed by atoms with Gasteiger partial charge in [-0.15, -0.1) is 0 Å². The molecule has 0 aromatic heterocycles. The molecule has 1 aromatic rings. The van der Waals surface area contributed by atoms with Crippen LogP contribution in [0.4, 0.5) is 0 Å². The molecule has 5 heteroatoms. The minimum Gasteiger partial charge on any atom is -0.481 e. The van der Waals surface area contributed by atoms with E-state index in [1.54, 1.807) is 0 Å². The zero-order chi connectivity index (χ0) is 16.7. The van der Waals surface area contributed by atoms with E-state index in [2.05, 4.69) is 5.32 Å². The lowest BCUT2D eigenvalue weighted by Gasteiger charge is -2.23. The van der Waals surface area contributed by atoms with E-state index in [-0.39, 0.29) is 12.3 Å². The van der Waals surface area contributed by atoms with Crippen molar-refractivity contribution < 1.29 is 19.4 Å². The fourth-order valence-corrected chi connectivity index (χ4v) is 3.03. The van der Waals surface area contributed by atoms with Gasteiger partial charge in [0.15, 0.2) is 0 Å². The Morgan fingerprint density at radius 3 is 2.65 bits per heavy atom. The van der Waals surface area contributed by atoms with Crippen molar-refractivity contribution in [3.8, 4) is 0 Å². The number of carbonyl (C=O) groups excluding carboxylic acids is 1. The van der Waals surface area contributed by atoms with E-state index in [0.717, 1.165) is 43.6 Å². The van der Waals surface area contributed by atoms with Gasteiger partial charge in [0.25, 0.3) is 0 Å². The molecule has 1 aliphatic heterocycles. The van der Waals surface area contributed by atoms with Gasteiger partial charge in [0.2, 0.25) is 5.91 Å². The molecule has 1 aromatic carbocycles. The first-order chi connectivity index (χ1) is 11.1. The summed E-state index contributed by atoms with van der Waals surface area (Å²) in [6.07, 6.45) is 3.18. The Kier molecular flexibility index (Phi) is 6.59. The minimum atomic E-state index is -0.914. The van der Waals surface area contributed by atoms with Crippen LogP contribution in [0.5, 0.6) is 0 Å². The van der Waals surface area contributed by atoms with Gasteiger partial charge in [0, 0.05) is 19.6 Å². The molecule has 0 unspecified atom stereocenters. The molecule has 1 saturated heterocycles. The Balaban J connectivity index is 1.93. The summed E-state index contributed by atoms with van der Waals surface area (Å²) in [6, 6.07) is 7.10. The largest absolute Gasteiger partial charge is 0.481 e. The number of benzene rings is 1. The van der Waals surface area contributed by atoms with Crippen LogP contribution in [0, 0.1) is 12.8 Å². The van der Waals surface area contributed by atoms with Crippen molar-refractivity contribution in [3.05, 3.63) is 35.4 Å². The minimum absolute atomic E-state index is 0.0778. The van der Waals surface area contributed by atoms with Crippen LogP contribution in [0.1, 0.15) is 49.3 Å². The molecule has 0 bridgehead atoms. The highest BCUT2D eigenvalue weighted by molar-refractivity contribution is 5.77. The standard InChI is InChI=1S/C18H25NO4/c1-13-4-2-3-5-15(13)16(12-18(21)22)19-17(20)7-6-14-8-10-23-11-9-14/h2-5,14,16H,6-12H2,1H3,(H,19,20)(H,21,22)/t16-/m0/s1. The first-order valence-corrected chi connectivity index (χ1v) is 8.20. The van der Waals surface area contributed by atoms with Gasteiger partial charge < -0.3 is 15.2 Å². The monoisotopic (exact) mass is 319 g/mol. The van der Waals surface area contributed by atoms with Gasteiger partial charge in [-0.3, -0.25) is 9.59 Å². The molecule has 1 atom stereocenters. The lowest BCUT2D eigenvalue weighted by molar-refractivity contribution is -0.137. The van der Waals surface area contributed by atoms with Crippen molar-refractivity contribution >= 4 is 11.9 Å². The predicted octanol–water partition coefficient (Wildman–Crippen LogP) is 2.83. The van der Waals surface area contributed by atoms with Gasteiger partial charge in [-0.2, -0.15) is 0 Å². The summed E-state index contributed by atoms with van der Waals surface area (Å²) in [5.74, 6) is -0.458. The average Bonchev–Trinajstić information content (AvgIpc) is 2.53. The molecule has 5 nitrogen and oxygen atoms in total. The molecule has 2 rings (SSSR count). The van der Waals surface area contributed by atoms with E-state index in [1.165, 1.54) is 0 Å². The maximum absolute atomic E-state index is 12.2. The molecule has 1 fully saturated rings. The Morgan fingerprint density at radius 2 is 2.00 bits per heavy atom. The number of hydrogen-bond acceptors (Lipinski definition) is 3. The number of rotatable bonds is 7. The fourth-order valence-electron chi connectivity index (χ4n) is 3.03. The van der Waals surface area contributed by atoms with Crippen LogP contribution in [0.25, 0.3) is 0 Å². The number of hydrogen-bond donors (Lipinski definition) is 2. The first kappa shape index (κ1) is 17.5. The molecule has 1 amide bonds. The van der Waals surface area contributed by atoms with E-state index < -0.39 is 12.0 Å². The Hall–Kier alpha value is -1.88. The van der Waals surface area contributed by atoms with E-state index in [9.17, 15) is 9.59 Å². The van der Waals surface area contributed by atoms with E-state index >= 15 is 0 Å². The third-order valence-corrected chi connectivity index (χ3v) is 4.40. The molecule has 0 radical (unpaired) electrons. The van der Waals surface area contributed by atoms with Crippen LogP contribution >= 0.6 is 0 Å². The number of ether oxygens (including phenoxy) is 1. The maximum Gasteiger partial charge on any atom is 0.305 e. The highest BCUT2D eigenvalue weighted by Gasteiger charge is 2.21. The quantitative estimate of drug-likeness (QED) is 0.810. The summed E-state index contributed by atoms with van der Waals surface area (Å²) in [6.45, 7) is 3.48. The van der Waals surface area contributed by atoms with Crippen molar-refractivity contribution in [1.29, 1.82) is 0 Å². The number of nitrogens with one attached hydrogen (secondary N) is 1. The summed E-state index contributed by atoms with van der Waals surface area (Å²) < 4.78 is 5.32. The van der Waals surface area contributed by atoms with Crippen LogP contribution in [0.3, 0.4) is 0 Å². The SMILES string of the molecule is Cc1ccccc1[C@H](CC(=O)O)NC(=O)CCC1CCOCC1. The number of carboxylic acids is 1. The Morgan fingerprint density at radius 1 is 1.30 bits per heavy atom. The van der Waals surface area contributed by atoms with Crippen molar-refractivity contribution in [2.75, 3.05) is 13.2 Å². The van der Waals surface area contributed by atoms with E-state index in [0.29, 0.717) is 12.3 Å². The lowest BCUT2D eigenvalue weighted by atomic mass is 9.94. The Bertz CT molecular complexity index is 538. The van der Waals surface area contributed by atoms with E-state index in [1.807, 2.05) is 31.2 Å². The predicted molar refractivity (Wildman–Crippen MR) is 87.1 cm³/mol. The van der Waals surface area contributed by atoms with Gasteiger partial charge in [-0.1, -0.05) is 24.3 Å². The van der Waals surface area contributed by atoms with Crippen LogP contribution in [-0.4, -0.2) is 30.2 Å². The molecule has 23 heavy (non-hydrogen) atoms. The zero-order valence-corrected chi connectivity index (χ0v) is 13.6. The summed E-state index contributed by atoms with van der Waals surface area (Å²) in [5.41, 5.74) is 1.86. The normalized spacial score (nSPS) is 16.7. The topological polar surface area (TPSA) is 75.6 Å². The number of aliphatic carboxylic acids is 1. The van der Waals surface area contributed by atoms with Crippen molar-refractivity contribution in [2.45, 2.75) is 45.1 Å². The third kappa shape index (κ3) is 5.67. The zero-order valence-electron chi connectivity index (χ0n) is 13.6. The molecule has 1 aliphatic rings. The smallest absolute Gasteiger partial charge is 0.305 e. The van der Waals surface area contributed by atoms with Crippen LogP contribution in [0.2, 0.25) is 0 Å². The molecular formula is C18H25NO4. The van der Waals surface area contributed by atoms with Gasteiger partial charge >= 0.3 is 5.97 Å². The maximum atomic E-state index is 12.2. The van der Waals surface area contributed by atoms with Crippen molar-refractivity contribution in [3.63, 3.8) is 0 Å². The van der Waals surface area contributed by atoms with Gasteiger partial charge in [0.05, 0.1) is 12.5 Å². The third-order valence-electron chi connectivity index (χ3n) is 4.40. The summed E-state index contributed by atoms with van der Waals surface area (Å²) >= 11 is 0. The number of carbonyl (C=O) groups is 2. The summed E-state index contributed by atoms with van der Waals surface area (Å²) in [4.78, 5) is 23.3. The second-order valence-corrected chi connectivity index (χ2v) is 6.17. The number of amides is 1. The second kappa shape index (κ2) is 8.67. The van der Waals surface area contributed by atoms with E-state index in [4.69, 9.17) is 9.84 Å².